The highest BCUT2D eigenvalue weighted by Gasteiger charge is 2.19. The first-order chi connectivity index (χ1) is 16.9. The number of pyridine rings is 1. The number of likely N-dealkylation sites (tertiary alicyclic amines) is 1. The number of carbonyl (C=O) groups excluding carboxylic acids is 2. The van der Waals surface area contributed by atoms with Gasteiger partial charge in [0.05, 0.1) is 27.0 Å². The van der Waals surface area contributed by atoms with Crippen molar-refractivity contribution in [2.45, 2.75) is 52.1 Å². The molecule has 0 spiro atoms. The van der Waals surface area contributed by atoms with Crippen molar-refractivity contribution in [3.63, 3.8) is 0 Å². The van der Waals surface area contributed by atoms with Crippen LogP contribution in [0.15, 0.2) is 36.0 Å². The maximum absolute atomic E-state index is 12.9. The Bertz CT molecular complexity index is 1170. The molecule has 9 nitrogen and oxygen atoms in total. The van der Waals surface area contributed by atoms with Crippen LogP contribution in [0.3, 0.4) is 0 Å². The van der Waals surface area contributed by atoms with Crippen LogP contribution in [0.1, 0.15) is 50.4 Å². The second-order valence-corrected chi connectivity index (χ2v) is 10.0. The van der Waals surface area contributed by atoms with Crippen molar-refractivity contribution in [2.24, 2.45) is 0 Å². The van der Waals surface area contributed by atoms with E-state index in [9.17, 15) is 9.59 Å². The zero-order valence-corrected chi connectivity index (χ0v) is 21.2. The van der Waals surface area contributed by atoms with Crippen LogP contribution in [0.25, 0.3) is 10.2 Å². The number of carbonyl (C=O) groups is 2. The van der Waals surface area contributed by atoms with Gasteiger partial charge in [0.1, 0.15) is 5.82 Å². The lowest BCUT2D eigenvalue weighted by Gasteiger charge is -2.21. The second kappa shape index (κ2) is 11.4. The number of fused-ring (bicyclic) bond motifs is 1. The van der Waals surface area contributed by atoms with Crippen molar-refractivity contribution in [1.29, 1.82) is 0 Å². The Kier molecular flexibility index (Phi) is 8.02. The normalized spacial score (nSPS) is 14.2. The van der Waals surface area contributed by atoms with E-state index in [0.29, 0.717) is 30.0 Å². The largest absolute Gasteiger partial charge is 0.382 e. The van der Waals surface area contributed by atoms with E-state index >= 15 is 0 Å². The number of thiazole rings is 1. The number of urea groups is 1. The third-order valence-corrected chi connectivity index (χ3v) is 6.61. The third kappa shape index (κ3) is 6.60. The van der Waals surface area contributed by atoms with E-state index in [1.54, 1.807) is 17.5 Å². The molecule has 1 atom stereocenters. The van der Waals surface area contributed by atoms with Crippen LogP contribution in [-0.4, -0.2) is 58.5 Å². The van der Waals surface area contributed by atoms with Crippen molar-refractivity contribution in [3.8, 4) is 0 Å². The first-order valence-electron chi connectivity index (χ1n) is 12.1. The van der Waals surface area contributed by atoms with Crippen LogP contribution in [-0.2, 0) is 0 Å². The average Bonchev–Trinajstić information content (AvgIpc) is 3.51. The minimum Gasteiger partial charge on any atom is -0.382 e. The van der Waals surface area contributed by atoms with Crippen LogP contribution < -0.4 is 21.3 Å². The molecule has 3 heterocycles. The fraction of sp³-hybridized carbons (Fsp3) is 0.440. The first kappa shape index (κ1) is 24.7. The molecule has 1 aliphatic rings. The fourth-order valence-electron chi connectivity index (χ4n) is 4.01. The number of rotatable bonds is 9. The van der Waals surface area contributed by atoms with E-state index < -0.39 is 0 Å². The fourth-order valence-corrected chi connectivity index (χ4v) is 4.72. The molecule has 186 valence electrons. The first-order valence-corrected chi connectivity index (χ1v) is 13.0. The minimum atomic E-state index is -0.198. The second-order valence-electron chi connectivity index (χ2n) is 9.16. The Morgan fingerprint density at radius 1 is 1.11 bits per heavy atom. The zero-order chi connectivity index (χ0) is 24.8. The molecule has 0 radical (unpaired) electrons. The lowest BCUT2D eigenvalue weighted by atomic mass is 10.1. The summed E-state index contributed by atoms with van der Waals surface area (Å²) in [5.74, 6) is 0.447. The smallest absolute Gasteiger partial charge is 0.317 e. The van der Waals surface area contributed by atoms with Gasteiger partial charge in [-0.15, -0.1) is 11.3 Å². The molecule has 4 N–H and O–H groups in total. The Balaban J connectivity index is 1.36. The molecule has 1 fully saturated rings. The van der Waals surface area contributed by atoms with Crippen molar-refractivity contribution in [3.05, 3.63) is 41.5 Å². The molecule has 3 aromatic rings. The van der Waals surface area contributed by atoms with Crippen LogP contribution in [0.4, 0.5) is 22.0 Å². The molecular weight excluding hydrogens is 462 g/mol. The quantitative estimate of drug-likeness (QED) is 0.346. The highest BCUT2D eigenvalue weighted by atomic mass is 32.1. The van der Waals surface area contributed by atoms with Gasteiger partial charge < -0.3 is 26.2 Å². The monoisotopic (exact) mass is 495 g/mol. The zero-order valence-electron chi connectivity index (χ0n) is 20.4. The molecule has 4 rings (SSSR count). The topological polar surface area (TPSA) is 111 Å². The molecule has 2 aromatic heterocycles. The number of benzene rings is 1. The van der Waals surface area contributed by atoms with E-state index in [-0.39, 0.29) is 24.0 Å². The molecule has 35 heavy (non-hydrogen) atoms. The van der Waals surface area contributed by atoms with Crippen molar-refractivity contribution in [1.82, 2.24) is 25.5 Å². The van der Waals surface area contributed by atoms with E-state index in [0.717, 1.165) is 41.8 Å². The van der Waals surface area contributed by atoms with Gasteiger partial charge in [-0.2, -0.15) is 0 Å². The lowest BCUT2D eigenvalue weighted by Crippen LogP contribution is -2.43. The predicted octanol–water partition coefficient (Wildman–Crippen LogP) is 4.57. The molecule has 1 aromatic carbocycles. The molecule has 1 aliphatic heterocycles. The average molecular weight is 496 g/mol. The summed E-state index contributed by atoms with van der Waals surface area (Å²) in [6, 6.07) is 7.91. The van der Waals surface area contributed by atoms with Gasteiger partial charge in [-0.25, -0.2) is 14.8 Å². The Labute approximate surface area is 209 Å². The molecule has 1 saturated heterocycles. The summed E-state index contributed by atoms with van der Waals surface area (Å²) in [6.45, 7) is 8.10. The highest BCUT2D eigenvalue weighted by Crippen LogP contribution is 2.26. The van der Waals surface area contributed by atoms with Crippen molar-refractivity contribution >= 4 is 50.7 Å². The van der Waals surface area contributed by atoms with E-state index in [1.807, 2.05) is 55.4 Å². The highest BCUT2D eigenvalue weighted by molar-refractivity contribution is 7.16. The molecule has 0 bridgehead atoms. The van der Waals surface area contributed by atoms with Gasteiger partial charge in [0.25, 0.3) is 5.91 Å². The van der Waals surface area contributed by atoms with Crippen molar-refractivity contribution < 1.29 is 9.59 Å². The summed E-state index contributed by atoms with van der Waals surface area (Å²) in [6.07, 6.45) is 4.36. The number of anilines is 3. The molecule has 0 aliphatic carbocycles. The number of hydrogen-bond acceptors (Lipinski definition) is 7. The van der Waals surface area contributed by atoms with E-state index in [2.05, 4.69) is 31.2 Å². The summed E-state index contributed by atoms with van der Waals surface area (Å²) in [5.41, 5.74) is 4.90. The minimum absolute atomic E-state index is 0.0217. The Morgan fingerprint density at radius 3 is 2.69 bits per heavy atom. The van der Waals surface area contributed by atoms with Gasteiger partial charge in [-0.05, 0) is 58.2 Å². The van der Waals surface area contributed by atoms with Gasteiger partial charge >= 0.3 is 6.03 Å². The summed E-state index contributed by atoms with van der Waals surface area (Å²) in [4.78, 5) is 35.8. The number of nitrogens with zero attached hydrogens (tertiary/aromatic N) is 3. The molecule has 10 heteroatoms. The summed E-state index contributed by atoms with van der Waals surface area (Å²) < 4.78 is 1.09. The number of hydrogen-bond donors (Lipinski definition) is 4. The third-order valence-electron chi connectivity index (χ3n) is 5.82. The maximum Gasteiger partial charge on any atom is 0.317 e. The lowest BCUT2D eigenvalue weighted by molar-refractivity contribution is 0.0953. The van der Waals surface area contributed by atoms with Crippen LogP contribution in [0.2, 0.25) is 0 Å². The summed E-state index contributed by atoms with van der Waals surface area (Å²) in [5, 5.41) is 12.6. The van der Waals surface area contributed by atoms with E-state index in [1.165, 1.54) is 0 Å². The molecule has 3 amide bonds. The van der Waals surface area contributed by atoms with E-state index in [4.69, 9.17) is 0 Å². The Morgan fingerprint density at radius 2 is 1.91 bits per heavy atom. The molecule has 0 saturated carbocycles. The SMILES string of the molecule is CC(C)Nc1cc(Nc2ccc3ncsc3c2)ncc1C(=O)NCCC(C)NC(=O)N1CCCC1. The van der Waals surface area contributed by atoms with Gasteiger partial charge in [0.15, 0.2) is 0 Å². The standard InChI is InChI=1S/C25H33N7O2S/c1-16(2)29-21-13-23(31-18-6-7-20-22(12-18)35-15-28-20)27-14-19(21)24(33)26-9-8-17(3)30-25(34)32-10-4-5-11-32/h6-7,12-17H,4-5,8-11H2,1-3H3,(H,26,33)(H,30,34)(H2,27,29,31). The van der Waals surface area contributed by atoms with Crippen LogP contribution >= 0.6 is 11.3 Å². The van der Waals surface area contributed by atoms with Gasteiger partial charge in [-0.1, -0.05) is 0 Å². The summed E-state index contributed by atoms with van der Waals surface area (Å²) >= 11 is 1.59. The molecule has 1 unspecified atom stereocenters. The number of amides is 3. The number of nitrogens with one attached hydrogen (secondary N) is 4. The summed E-state index contributed by atoms with van der Waals surface area (Å²) in [7, 11) is 0. The number of aromatic nitrogens is 2. The van der Waals surface area contributed by atoms with Gasteiger partial charge in [-0.3, -0.25) is 4.79 Å². The van der Waals surface area contributed by atoms with Gasteiger partial charge in [0, 0.05) is 49.7 Å². The van der Waals surface area contributed by atoms with Gasteiger partial charge in [0.2, 0.25) is 0 Å². The van der Waals surface area contributed by atoms with Crippen molar-refractivity contribution in [2.75, 3.05) is 30.3 Å². The molecular formula is C25H33N7O2S. The Hall–Kier alpha value is -3.40. The predicted molar refractivity (Wildman–Crippen MR) is 142 cm³/mol. The van der Waals surface area contributed by atoms with Crippen LogP contribution in [0, 0.1) is 0 Å². The van der Waals surface area contributed by atoms with Crippen LogP contribution in [0.5, 0.6) is 0 Å². The maximum atomic E-state index is 12.9.